The van der Waals surface area contributed by atoms with Crippen LogP contribution in [-0.2, 0) is 20.4 Å². The van der Waals surface area contributed by atoms with Crippen LogP contribution in [0.15, 0.2) is 107 Å². The Morgan fingerprint density at radius 1 is 1.02 bits per heavy atom. The molecule has 1 heterocycles. The van der Waals surface area contributed by atoms with Crippen molar-refractivity contribution < 1.29 is 27.3 Å². The van der Waals surface area contributed by atoms with Crippen molar-refractivity contribution in [3.8, 4) is 0 Å². The van der Waals surface area contributed by atoms with E-state index in [2.05, 4.69) is 10.2 Å². The second-order valence-electron chi connectivity index (χ2n) is 12.6. The SMILES string of the molecule is COC1(c2ccccc2F)CCN(c2ccc(C(=O)NS(=O)(=O)c3ccc(N[C@H](CCN(C)C)CSc4ccccc4)c([N+](=O)[O-])c3)cc2)CC1. The second kappa shape index (κ2) is 16.7. The van der Waals surface area contributed by atoms with Gasteiger partial charge in [0.05, 0.1) is 15.4 Å². The van der Waals surface area contributed by atoms with Crippen LogP contribution in [0.25, 0.3) is 0 Å². The predicted octanol–water partition coefficient (Wildman–Crippen LogP) is 6.52. The minimum Gasteiger partial charge on any atom is -0.376 e. The number of hydrogen-bond donors (Lipinski definition) is 2. The normalized spacial score (nSPS) is 15.0. The molecule has 5 rings (SSSR count). The fraction of sp³-hybridized carbons (Fsp3) is 0.324. The van der Waals surface area contributed by atoms with E-state index in [9.17, 15) is 27.7 Å². The summed E-state index contributed by atoms with van der Waals surface area (Å²) in [5.41, 5.74) is 0.477. The Hall–Kier alpha value is -4.50. The van der Waals surface area contributed by atoms with Gasteiger partial charge in [0.15, 0.2) is 0 Å². The molecular weight excluding hydrogens is 694 g/mol. The molecule has 270 valence electrons. The average molecular weight is 736 g/mol. The lowest BCUT2D eigenvalue weighted by Gasteiger charge is -2.42. The summed E-state index contributed by atoms with van der Waals surface area (Å²) in [6.45, 7) is 1.89. The molecule has 11 nitrogen and oxygen atoms in total. The first-order chi connectivity index (χ1) is 24.4. The van der Waals surface area contributed by atoms with E-state index in [-0.39, 0.29) is 23.1 Å². The number of benzene rings is 4. The van der Waals surface area contributed by atoms with Gasteiger partial charge in [-0.05, 0) is 94.5 Å². The third kappa shape index (κ3) is 9.44. The number of rotatable bonds is 15. The van der Waals surface area contributed by atoms with Gasteiger partial charge >= 0.3 is 0 Å². The van der Waals surface area contributed by atoms with E-state index in [1.165, 1.54) is 30.3 Å². The van der Waals surface area contributed by atoms with Gasteiger partial charge in [0.1, 0.15) is 11.5 Å². The Morgan fingerprint density at radius 3 is 2.31 bits per heavy atom. The smallest absolute Gasteiger partial charge is 0.293 e. The maximum absolute atomic E-state index is 14.6. The van der Waals surface area contributed by atoms with Crippen LogP contribution in [0.3, 0.4) is 0 Å². The van der Waals surface area contributed by atoms with Crippen LogP contribution in [0.2, 0.25) is 0 Å². The Balaban J connectivity index is 1.24. The maximum atomic E-state index is 14.6. The summed E-state index contributed by atoms with van der Waals surface area (Å²) in [5.74, 6) is -0.550. The lowest BCUT2D eigenvalue weighted by atomic mass is 9.83. The quantitative estimate of drug-likeness (QED) is 0.0790. The number of piperidine rings is 1. The van der Waals surface area contributed by atoms with Crippen LogP contribution in [0.4, 0.5) is 21.5 Å². The number of carbonyl (C=O) groups is 1. The lowest BCUT2D eigenvalue weighted by Crippen LogP contribution is -2.44. The van der Waals surface area contributed by atoms with E-state index in [0.29, 0.717) is 43.7 Å². The first kappa shape index (κ1) is 37.7. The molecular formula is C37H42FN5O6S2. The van der Waals surface area contributed by atoms with Gasteiger partial charge in [-0.15, -0.1) is 11.8 Å². The molecule has 0 spiro atoms. The van der Waals surface area contributed by atoms with E-state index in [1.807, 2.05) is 54.0 Å². The molecule has 51 heavy (non-hydrogen) atoms. The summed E-state index contributed by atoms with van der Waals surface area (Å²) in [6.07, 6.45) is 1.79. The monoisotopic (exact) mass is 735 g/mol. The summed E-state index contributed by atoms with van der Waals surface area (Å²) in [4.78, 5) is 29.3. The number of thioether (sulfide) groups is 1. The minimum absolute atomic E-state index is 0.101. The van der Waals surface area contributed by atoms with Gasteiger partial charge in [-0.3, -0.25) is 14.9 Å². The first-order valence-electron chi connectivity index (χ1n) is 16.5. The van der Waals surface area contributed by atoms with Crippen molar-refractivity contribution in [3.05, 3.63) is 124 Å². The molecule has 14 heteroatoms. The van der Waals surface area contributed by atoms with Gasteiger partial charge in [0, 0.05) is 59.8 Å². The number of carbonyl (C=O) groups excluding carboxylic acids is 1. The highest BCUT2D eigenvalue weighted by atomic mass is 32.2. The number of hydrogen-bond acceptors (Lipinski definition) is 10. The minimum atomic E-state index is -4.45. The summed E-state index contributed by atoms with van der Waals surface area (Å²) in [6, 6.07) is 26.3. The largest absolute Gasteiger partial charge is 0.376 e. The second-order valence-corrected chi connectivity index (χ2v) is 15.4. The topological polar surface area (TPSA) is 134 Å². The molecule has 0 saturated carbocycles. The highest BCUT2D eigenvalue weighted by Gasteiger charge is 2.38. The fourth-order valence-corrected chi connectivity index (χ4v) is 8.09. The number of nitrogens with one attached hydrogen (secondary N) is 2. The van der Waals surface area contributed by atoms with E-state index in [1.54, 1.807) is 49.2 Å². The number of nitrogens with zero attached hydrogens (tertiary/aromatic N) is 3. The molecule has 0 aliphatic carbocycles. The molecule has 0 aromatic heterocycles. The molecule has 1 amide bonds. The van der Waals surface area contributed by atoms with Gasteiger partial charge in [-0.25, -0.2) is 17.5 Å². The summed E-state index contributed by atoms with van der Waals surface area (Å²) in [5, 5.41) is 15.4. The average Bonchev–Trinajstić information content (AvgIpc) is 3.13. The third-order valence-corrected chi connectivity index (χ3v) is 11.5. The van der Waals surface area contributed by atoms with E-state index >= 15 is 0 Å². The molecule has 1 fully saturated rings. The molecule has 0 unspecified atom stereocenters. The Labute approximate surface area is 302 Å². The van der Waals surface area contributed by atoms with E-state index in [0.717, 1.165) is 23.2 Å². The number of ether oxygens (including phenoxy) is 1. The molecule has 1 saturated heterocycles. The molecule has 1 atom stereocenters. The highest BCUT2D eigenvalue weighted by Crippen LogP contribution is 2.39. The van der Waals surface area contributed by atoms with Gasteiger partial charge < -0.3 is 19.9 Å². The summed E-state index contributed by atoms with van der Waals surface area (Å²) in [7, 11) is 1.03. The number of nitro groups is 1. The Kier molecular flexibility index (Phi) is 12.3. The molecule has 0 bridgehead atoms. The highest BCUT2D eigenvalue weighted by molar-refractivity contribution is 7.99. The number of anilines is 2. The van der Waals surface area contributed by atoms with Crippen LogP contribution in [-0.4, -0.2) is 76.8 Å². The molecule has 2 N–H and O–H groups in total. The standard InChI is InChI=1S/C37H42FN5O6S2/c1-41(2)22-19-28(26-50-30-9-5-4-6-10-30)39-34-18-17-31(25-35(34)43(45)46)51(47,48)40-36(44)27-13-15-29(16-14-27)42-23-20-37(49-3,21-24-42)32-11-7-8-12-33(32)38/h4-18,25,28,39H,19-24,26H2,1-3H3,(H,40,44)/t28-/m1/s1. The number of halogens is 1. The zero-order chi connectivity index (χ0) is 36.6. The van der Waals surface area contributed by atoms with Crippen LogP contribution in [0.1, 0.15) is 35.2 Å². The zero-order valence-corrected chi connectivity index (χ0v) is 30.4. The molecule has 1 aliphatic rings. The van der Waals surface area contributed by atoms with Gasteiger partial charge in [-0.1, -0.05) is 36.4 Å². The zero-order valence-electron chi connectivity index (χ0n) is 28.8. The number of sulfonamides is 1. The van der Waals surface area contributed by atoms with Crippen LogP contribution in [0, 0.1) is 15.9 Å². The maximum Gasteiger partial charge on any atom is 0.293 e. The molecule has 1 aliphatic heterocycles. The van der Waals surface area contributed by atoms with Crippen LogP contribution in [0.5, 0.6) is 0 Å². The number of nitro benzene ring substituents is 1. The van der Waals surface area contributed by atoms with E-state index < -0.39 is 37.0 Å². The lowest BCUT2D eigenvalue weighted by molar-refractivity contribution is -0.384. The summed E-state index contributed by atoms with van der Waals surface area (Å²) >= 11 is 1.62. The van der Waals surface area contributed by atoms with Crippen molar-refractivity contribution in [1.82, 2.24) is 9.62 Å². The van der Waals surface area contributed by atoms with Crippen LogP contribution >= 0.6 is 11.8 Å². The first-order valence-corrected chi connectivity index (χ1v) is 19.0. The molecule has 0 radical (unpaired) electrons. The van der Waals surface area contributed by atoms with Gasteiger partial charge in [0.25, 0.3) is 21.6 Å². The fourth-order valence-electron chi connectivity index (χ4n) is 6.10. The van der Waals surface area contributed by atoms with Crippen molar-refractivity contribution in [1.29, 1.82) is 0 Å². The van der Waals surface area contributed by atoms with Crippen molar-refractivity contribution >= 4 is 44.8 Å². The van der Waals surface area contributed by atoms with Gasteiger partial charge in [-0.2, -0.15) is 0 Å². The summed E-state index contributed by atoms with van der Waals surface area (Å²) < 4.78 is 49.0. The van der Waals surface area contributed by atoms with Crippen molar-refractivity contribution in [2.75, 3.05) is 56.8 Å². The predicted molar refractivity (Wildman–Crippen MR) is 198 cm³/mol. The number of amides is 1. The van der Waals surface area contributed by atoms with E-state index in [4.69, 9.17) is 4.74 Å². The van der Waals surface area contributed by atoms with Crippen LogP contribution < -0.4 is 14.9 Å². The Bertz CT molecular complexity index is 1920. The molecule has 4 aromatic carbocycles. The molecule has 4 aromatic rings. The van der Waals surface area contributed by atoms with Gasteiger partial charge in [0.2, 0.25) is 0 Å². The van der Waals surface area contributed by atoms with Crippen molar-refractivity contribution in [2.45, 2.75) is 40.7 Å². The van der Waals surface area contributed by atoms with Crippen molar-refractivity contribution in [2.24, 2.45) is 0 Å². The van der Waals surface area contributed by atoms with Crippen molar-refractivity contribution in [3.63, 3.8) is 0 Å². The number of methoxy groups -OCH3 is 1. The third-order valence-electron chi connectivity index (χ3n) is 9.00. The Morgan fingerprint density at radius 2 is 1.69 bits per heavy atom.